The van der Waals surface area contributed by atoms with E-state index in [4.69, 9.17) is 14.5 Å². The number of guanidine groups is 1. The molecule has 25 heavy (non-hydrogen) atoms. The molecule has 6 nitrogen and oxygen atoms in total. The van der Waals surface area contributed by atoms with Crippen LogP contribution in [0.1, 0.15) is 32.3 Å². The SMILES string of the molecule is CCNC(=NCc1ccc2c(c1)OCO2)NCC1CCCN1CC.I. The minimum absolute atomic E-state index is 0. The Hall–Kier alpha value is -1.22. The number of likely N-dealkylation sites (N-methyl/N-ethyl adjacent to an activating group) is 1. The van der Waals surface area contributed by atoms with Crippen LogP contribution in [0.4, 0.5) is 0 Å². The fourth-order valence-electron chi connectivity index (χ4n) is 3.31. The first-order valence-electron chi connectivity index (χ1n) is 8.95. The van der Waals surface area contributed by atoms with Crippen molar-refractivity contribution < 1.29 is 9.47 Å². The average Bonchev–Trinajstić information content (AvgIpc) is 3.25. The standard InChI is InChI=1S/C18H28N4O2.HI/c1-3-19-18(21-12-15-6-5-9-22(15)4-2)20-11-14-7-8-16-17(10-14)24-13-23-16;/h7-8,10,15H,3-6,9,11-13H2,1-2H3,(H2,19,20,21);1H. The van der Waals surface area contributed by atoms with Gasteiger partial charge < -0.3 is 20.1 Å². The van der Waals surface area contributed by atoms with Crippen LogP contribution in [0, 0.1) is 0 Å². The Kier molecular flexibility index (Phi) is 8.08. The van der Waals surface area contributed by atoms with Crippen molar-refractivity contribution in [2.75, 3.05) is 33.0 Å². The molecular weight excluding hydrogens is 431 g/mol. The van der Waals surface area contributed by atoms with Crippen LogP contribution >= 0.6 is 24.0 Å². The number of ether oxygens (including phenoxy) is 2. The van der Waals surface area contributed by atoms with Crippen LogP contribution in [0.25, 0.3) is 0 Å². The highest BCUT2D eigenvalue weighted by molar-refractivity contribution is 14.0. The molecule has 1 saturated heterocycles. The first-order valence-corrected chi connectivity index (χ1v) is 8.95. The second kappa shape index (κ2) is 10.1. The van der Waals surface area contributed by atoms with Gasteiger partial charge in [-0.05, 0) is 50.6 Å². The highest BCUT2D eigenvalue weighted by Gasteiger charge is 2.22. The van der Waals surface area contributed by atoms with E-state index in [1.807, 2.05) is 18.2 Å². The van der Waals surface area contributed by atoms with Gasteiger partial charge in [0.15, 0.2) is 17.5 Å². The molecule has 2 N–H and O–H groups in total. The molecule has 0 radical (unpaired) electrons. The number of nitrogens with zero attached hydrogens (tertiary/aromatic N) is 2. The minimum Gasteiger partial charge on any atom is -0.454 e. The zero-order chi connectivity index (χ0) is 16.8. The number of aliphatic imine (C=N–C) groups is 1. The number of likely N-dealkylation sites (tertiary alicyclic amines) is 1. The second-order valence-electron chi connectivity index (χ2n) is 6.19. The van der Waals surface area contributed by atoms with Gasteiger partial charge in [-0.1, -0.05) is 13.0 Å². The summed E-state index contributed by atoms with van der Waals surface area (Å²) in [5.74, 6) is 2.50. The van der Waals surface area contributed by atoms with Crippen molar-refractivity contribution in [3.8, 4) is 11.5 Å². The van der Waals surface area contributed by atoms with Crippen molar-refractivity contribution in [1.29, 1.82) is 0 Å². The second-order valence-corrected chi connectivity index (χ2v) is 6.19. The van der Waals surface area contributed by atoms with Crippen molar-refractivity contribution in [2.24, 2.45) is 4.99 Å². The highest BCUT2D eigenvalue weighted by atomic mass is 127. The maximum Gasteiger partial charge on any atom is 0.231 e. The molecule has 3 rings (SSSR count). The van der Waals surface area contributed by atoms with Gasteiger partial charge in [0, 0.05) is 19.1 Å². The number of fused-ring (bicyclic) bond motifs is 1. The van der Waals surface area contributed by atoms with Gasteiger partial charge in [0.05, 0.1) is 6.54 Å². The maximum absolute atomic E-state index is 5.43. The predicted octanol–water partition coefficient (Wildman–Crippen LogP) is 2.57. The van der Waals surface area contributed by atoms with E-state index in [-0.39, 0.29) is 24.0 Å². The van der Waals surface area contributed by atoms with Gasteiger partial charge in [-0.25, -0.2) is 4.99 Å². The zero-order valence-corrected chi connectivity index (χ0v) is 17.4. The third kappa shape index (κ3) is 5.37. The molecule has 2 aliphatic heterocycles. The number of rotatable bonds is 6. The summed E-state index contributed by atoms with van der Waals surface area (Å²) in [6.45, 7) is 9.39. The van der Waals surface area contributed by atoms with E-state index in [0.29, 0.717) is 19.4 Å². The molecule has 0 aliphatic carbocycles. The molecule has 1 fully saturated rings. The molecule has 2 aliphatic rings. The van der Waals surface area contributed by atoms with E-state index in [2.05, 4.69) is 29.4 Å². The predicted molar refractivity (Wildman–Crippen MR) is 111 cm³/mol. The summed E-state index contributed by atoms with van der Waals surface area (Å²) in [5.41, 5.74) is 1.12. The van der Waals surface area contributed by atoms with Gasteiger partial charge in [0.2, 0.25) is 6.79 Å². The molecule has 1 aromatic rings. The van der Waals surface area contributed by atoms with Crippen molar-refractivity contribution >= 4 is 29.9 Å². The number of nitrogens with one attached hydrogen (secondary N) is 2. The Labute approximate surface area is 167 Å². The maximum atomic E-state index is 5.43. The highest BCUT2D eigenvalue weighted by Crippen LogP contribution is 2.32. The van der Waals surface area contributed by atoms with Crippen molar-refractivity contribution in [2.45, 2.75) is 39.3 Å². The molecule has 0 saturated carbocycles. The summed E-state index contributed by atoms with van der Waals surface area (Å²) in [7, 11) is 0. The van der Waals surface area contributed by atoms with Crippen LogP contribution in [-0.2, 0) is 6.54 Å². The van der Waals surface area contributed by atoms with Gasteiger partial charge in [0.1, 0.15) is 0 Å². The van der Waals surface area contributed by atoms with E-state index in [9.17, 15) is 0 Å². The summed E-state index contributed by atoms with van der Waals surface area (Å²) in [6.07, 6.45) is 2.56. The summed E-state index contributed by atoms with van der Waals surface area (Å²) in [5, 5.41) is 6.82. The van der Waals surface area contributed by atoms with Crippen molar-refractivity contribution in [3.05, 3.63) is 23.8 Å². The molecule has 0 spiro atoms. The minimum atomic E-state index is 0. The van der Waals surface area contributed by atoms with E-state index in [1.54, 1.807) is 0 Å². The molecule has 1 unspecified atom stereocenters. The number of benzene rings is 1. The third-order valence-corrected chi connectivity index (χ3v) is 4.61. The number of halogens is 1. The van der Waals surface area contributed by atoms with Crippen LogP contribution in [0.15, 0.2) is 23.2 Å². The first-order chi connectivity index (χ1) is 11.8. The molecule has 2 heterocycles. The molecule has 0 bridgehead atoms. The Bertz CT molecular complexity index is 582. The lowest BCUT2D eigenvalue weighted by Crippen LogP contribution is -2.44. The lowest BCUT2D eigenvalue weighted by Gasteiger charge is -2.24. The summed E-state index contributed by atoms with van der Waals surface area (Å²) < 4.78 is 10.8. The van der Waals surface area contributed by atoms with E-state index in [0.717, 1.165) is 42.7 Å². The number of hydrogen-bond donors (Lipinski definition) is 2. The van der Waals surface area contributed by atoms with E-state index < -0.39 is 0 Å². The monoisotopic (exact) mass is 460 g/mol. The topological polar surface area (TPSA) is 58.1 Å². The summed E-state index contributed by atoms with van der Waals surface area (Å²) in [6, 6.07) is 6.61. The Balaban J connectivity index is 0.00000225. The van der Waals surface area contributed by atoms with Crippen LogP contribution in [0.2, 0.25) is 0 Å². The molecule has 0 amide bonds. The van der Waals surface area contributed by atoms with Gasteiger partial charge in [0.25, 0.3) is 0 Å². The van der Waals surface area contributed by atoms with Crippen LogP contribution in [0.5, 0.6) is 11.5 Å². The Morgan fingerprint density at radius 1 is 1.24 bits per heavy atom. The van der Waals surface area contributed by atoms with Crippen molar-refractivity contribution in [1.82, 2.24) is 15.5 Å². The fourth-order valence-corrected chi connectivity index (χ4v) is 3.31. The average molecular weight is 460 g/mol. The van der Waals surface area contributed by atoms with Crippen molar-refractivity contribution in [3.63, 3.8) is 0 Å². The molecular formula is C18H29IN4O2. The fraction of sp³-hybridized carbons (Fsp3) is 0.611. The quantitative estimate of drug-likeness (QED) is 0.389. The largest absolute Gasteiger partial charge is 0.454 e. The number of hydrogen-bond acceptors (Lipinski definition) is 4. The summed E-state index contributed by atoms with van der Waals surface area (Å²) in [4.78, 5) is 7.24. The Morgan fingerprint density at radius 2 is 2.08 bits per heavy atom. The van der Waals surface area contributed by atoms with Gasteiger partial charge in [-0.15, -0.1) is 24.0 Å². The lowest BCUT2D eigenvalue weighted by molar-refractivity contribution is 0.174. The smallest absolute Gasteiger partial charge is 0.231 e. The molecule has 1 aromatic carbocycles. The van der Waals surface area contributed by atoms with Gasteiger partial charge >= 0.3 is 0 Å². The molecule has 0 aromatic heterocycles. The first kappa shape index (κ1) is 20.1. The molecule has 140 valence electrons. The lowest BCUT2D eigenvalue weighted by atomic mass is 10.2. The normalized spacial score (nSPS) is 19.6. The zero-order valence-electron chi connectivity index (χ0n) is 15.1. The van der Waals surface area contributed by atoms with E-state index in [1.165, 1.54) is 19.4 Å². The molecule has 1 atom stereocenters. The van der Waals surface area contributed by atoms with Crippen LogP contribution in [0.3, 0.4) is 0 Å². The van der Waals surface area contributed by atoms with E-state index >= 15 is 0 Å². The molecule has 7 heteroatoms. The van der Waals surface area contributed by atoms with Gasteiger partial charge in [-0.3, -0.25) is 4.90 Å². The Morgan fingerprint density at radius 3 is 2.88 bits per heavy atom. The van der Waals surface area contributed by atoms with Gasteiger partial charge in [-0.2, -0.15) is 0 Å². The third-order valence-electron chi connectivity index (χ3n) is 4.61. The van der Waals surface area contributed by atoms with Crippen LogP contribution in [-0.4, -0.2) is 49.9 Å². The van der Waals surface area contributed by atoms with Crippen LogP contribution < -0.4 is 20.1 Å². The summed E-state index contributed by atoms with van der Waals surface area (Å²) >= 11 is 0.